The zero-order valence-corrected chi connectivity index (χ0v) is 13.8. The lowest BCUT2D eigenvalue weighted by Gasteiger charge is -2.14. The van der Waals surface area contributed by atoms with Crippen LogP contribution in [0.1, 0.15) is 62.4 Å². The van der Waals surface area contributed by atoms with E-state index in [1.165, 1.54) is 11.3 Å². The van der Waals surface area contributed by atoms with Crippen molar-refractivity contribution in [2.75, 3.05) is 11.1 Å². The van der Waals surface area contributed by atoms with E-state index in [0.29, 0.717) is 10.8 Å². The van der Waals surface area contributed by atoms with Gasteiger partial charge in [-0.3, -0.25) is 15.2 Å². The van der Waals surface area contributed by atoms with Gasteiger partial charge in [0.25, 0.3) is 5.91 Å². The minimum Gasteiger partial charge on any atom is -0.395 e. The third-order valence-corrected chi connectivity index (χ3v) is 3.88. The van der Waals surface area contributed by atoms with Gasteiger partial charge in [-0.25, -0.2) is 4.98 Å². The van der Waals surface area contributed by atoms with Crippen LogP contribution in [0, 0.1) is 0 Å². The first-order valence-electron chi connectivity index (χ1n) is 6.81. The first-order chi connectivity index (χ1) is 9.70. The molecule has 0 spiro atoms. The second-order valence-electron chi connectivity index (χ2n) is 6.30. The van der Waals surface area contributed by atoms with E-state index in [4.69, 9.17) is 5.73 Å². The first-order valence-corrected chi connectivity index (χ1v) is 7.69. The van der Waals surface area contributed by atoms with Crippen LogP contribution < -0.4 is 11.1 Å². The number of carbonyl (C=O) groups excluding carboxylic acids is 1. The number of nitrogens with zero attached hydrogens (tertiary/aromatic N) is 2. The predicted molar refractivity (Wildman–Crippen MR) is 85.9 cm³/mol. The van der Waals surface area contributed by atoms with Crippen molar-refractivity contribution in [1.29, 1.82) is 0 Å². The summed E-state index contributed by atoms with van der Waals surface area (Å²) in [6.07, 6.45) is 0. The lowest BCUT2D eigenvalue weighted by Crippen LogP contribution is -2.15. The number of H-pyrrole nitrogens is 1. The number of nitrogens with one attached hydrogen (secondary N) is 2. The van der Waals surface area contributed by atoms with E-state index in [9.17, 15) is 4.79 Å². The molecule has 0 fully saturated rings. The molecule has 0 atom stereocenters. The first kappa shape index (κ1) is 15.5. The molecule has 7 heteroatoms. The molecule has 0 aromatic carbocycles. The molecule has 1 amide bonds. The summed E-state index contributed by atoms with van der Waals surface area (Å²) >= 11 is 1.40. The molecule has 0 bridgehead atoms. The molecule has 2 rings (SSSR count). The average molecular weight is 307 g/mol. The Balaban J connectivity index is 2.17. The molecule has 2 heterocycles. The van der Waals surface area contributed by atoms with Crippen molar-refractivity contribution in [1.82, 2.24) is 15.2 Å². The monoisotopic (exact) mass is 307 g/mol. The fourth-order valence-corrected chi connectivity index (χ4v) is 2.74. The summed E-state index contributed by atoms with van der Waals surface area (Å²) in [6, 6.07) is 0. The number of aromatic nitrogens is 3. The molecule has 0 aliphatic carbocycles. The highest BCUT2D eigenvalue weighted by atomic mass is 32.1. The SMILES string of the molecule is CC(C)c1[nH]nc(C(=O)Nc2nc(C(C)(C)C)cs2)c1N. The smallest absolute Gasteiger partial charge is 0.280 e. The summed E-state index contributed by atoms with van der Waals surface area (Å²) in [7, 11) is 0. The molecule has 2 aromatic heterocycles. The Kier molecular flexibility index (Phi) is 4.04. The van der Waals surface area contributed by atoms with Crippen LogP contribution in [0.4, 0.5) is 10.8 Å². The van der Waals surface area contributed by atoms with Gasteiger partial charge in [-0.2, -0.15) is 5.10 Å². The van der Waals surface area contributed by atoms with Crippen molar-refractivity contribution in [2.45, 2.75) is 46.0 Å². The molecule has 0 saturated heterocycles. The van der Waals surface area contributed by atoms with Crippen LogP contribution in [0.15, 0.2) is 5.38 Å². The number of aromatic amines is 1. The summed E-state index contributed by atoms with van der Waals surface area (Å²) < 4.78 is 0. The molecule has 2 aromatic rings. The van der Waals surface area contributed by atoms with Gasteiger partial charge in [-0.05, 0) is 5.92 Å². The number of nitrogens with two attached hydrogens (primary N) is 1. The van der Waals surface area contributed by atoms with E-state index in [-0.39, 0.29) is 22.9 Å². The van der Waals surface area contributed by atoms with Gasteiger partial charge in [0.15, 0.2) is 10.8 Å². The van der Waals surface area contributed by atoms with Gasteiger partial charge in [0.1, 0.15) is 0 Å². The van der Waals surface area contributed by atoms with Crippen LogP contribution in [-0.2, 0) is 5.41 Å². The molecule has 114 valence electrons. The summed E-state index contributed by atoms with van der Waals surface area (Å²) in [4.78, 5) is 16.6. The standard InChI is InChI=1S/C14H21N5OS/c1-7(2)10-9(15)11(19-18-10)12(20)17-13-16-8(6-21-13)14(3,4)5/h6-7H,15H2,1-5H3,(H,18,19)(H,16,17,20). The number of anilines is 2. The van der Waals surface area contributed by atoms with E-state index in [0.717, 1.165) is 11.4 Å². The average Bonchev–Trinajstić information content (AvgIpc) is 2.94. The number of amides is 1. The maximum Gasteiger partial charge on any atom is 0.280 e. The Morgan fingerprint density at radius 2 is 2.10 bits per heavy atom. The Labute approximate surface area is 128 Å². The molecule has 4 N–H and O–H groups in total. The van der Waals surface area contributed by atoms with Crippen LogP contribution in [0.3, 0.4) is 0 Å². The van der Waals surface area contributed by atoms with Crippen molar-refractivity contribution >= 4 is 28.1 Å². The van der Waals surface area contributed by atoms with Gasteiger partial charge in [-0.15, -0.1) is 11.3 Å². The quantitative estimate of drug-likeness (QED) is 0.811. The number of carbonyl (C=O) groups is 1. The predicted octanol–water partition coefficient (Wildman–Crippen LogP) is 3.12. The minimum atomic E-state index is -0.342. The zero-order valence-electron chi connectivity index (χ0n) is 12.9. The van der Waals surface area contributed by atoms with E-state index >= 15 is 0 Å². The molecular formula is C14H21N5OS. The number of hydrogen-bond donors (Lipinski definition) is 3. The minimum absolute atomic E-state index is 0.0460. The van der Waals surface area contributed by atoms with Gasteiger partial charge in [0.2, 0.25) is 0 Å². The molecule has 0 saturated carbocycles. The van der Waals surface area contributed by atoms with Gasteiger partial charge in [0, 0.05) is 10.8 Å². The van der Waals surface area contributed by atoms with Crippen molar-refractivity contribution in [3.63, 3.8) is 0 Å². The van der Waals surface area contributed by atoms with Crippen molar-refractivity contribution < 1.29 is 4.79 Å². The summed E-state index contributed by atoms with van der Waals surface area (Å²) in [5.41, 5.74) is 8.25. The molecule has 0 aliphatic rings. The number of thiazole rings is 1. The highest BCUT2D eigenvalue weighted by Gasteiger charge is 2.21. The van der Waals surface area contributed by atoms with Gasteiger partial charge in [-0.1, -0.05) is 34.6 Å². The van der Waals surface area contributed by atoms with E-state index in [1.54, 1.807) is 0 Å². The van der Waals surface area contributed by atoms with Gasteiger partial charge in [0.05, 0.1) is 17.1 Å². The number of rotatable bonds is 3. The van der Waals surface area contributed by atoms with Crippen LogP contribution in [0.5, 0.6) is 0 Å². The van der Waals surface area contributed by atoms with Crippen LogP contribution in [-0.4, -0.2) is 21.1 Å². The molecule has 0 aliphatic heterocycles. The number of hydrogen-bond acceptors (Lipinski definition) is 5. The van der Waals surface area contributed by atoms with Gasteiger partial charge >= 0.3 is 0 Å². The van der Waals surface area contributed by atoms with E-state index < -0.39 is 0 Å². The molecular weight excluding hydrogens is 286 g/mol. The van der Waals surface area contributed by atoms with E-state index in [1.807, 2.05) is 19.2 Å². The van der Waals surface area contributed by atoms with Crippen molar-refractivity contribution in [3.8, 4) is 0 Å². The molecule has 0 radical (unpaired) electrons. The highest BCUT2D eigenvalue weighted by molar-refractivity contribution is 7.14. The van der Waals surface area contributed by atoms with Crippen LogP contribution in [0.25, 0.3) is 0 Å². The lowest BCUT2D eigenvalue weighted by atomic mass is 9.93. The fraction of sp³-hybridized carbons (Fsp3) is 0.500. The fourth-order valence-electron chi connectivity index (χ4n) is 1.81. The lowest BCUT2D eigenvalue weighted by molar-refractivity contribution is 0.102. The maximum absolute atomic E-state index is 12.2. The molecule has 6 nitrogen and oxygen atoms in total. The van der Waals surface area contributed by atoms with E-state index in [2.05, 4.69) is 41.3 Å². The molecule has 21 heavy (non-hydrogen) atoms. The summed E-state index contributed by atoms with van der Waals surface area (Å²) in [5.74, 6) is -0.156. The summed E-state index contributed by atoms with van der Waals surface area (Å²) in [5, 5.41) is 12.1. The highest BCUT2D eigenvalue weighted by Crippen LogP contribution is 2.27. The Hall–Kier alpha value is -1.89. The van der Waals surface area contributed by atoms with Crippen LogP contribution in [0.2, 0.25) is 0 Å². The Morgan fingerprint density at radius 3 is 2.57 bits per heavy atom. The third kappa shape index (κ3) is 3.24. The Morgan fingerprint density at radius 1 is 1.43 bits per heavy atom. The zero-order chi connectivity index (χ0) is 15.8. The third-order valence-electron chi connectivity index (χ3n) is 3.12. The largest absolute Gasteiger partial charge is 0.395 e. The van der Waals surface area contributed by atoms with Gasteiger partial charge < -0.3 is 5.73 Å². The van der Waals surface area contributed by atoms with Crippen molar-refractivity contribution in [3.05, 3.63) is 22.5 Å². The second kappa shape index (κ2) is 5.48. The summed E-state index contributed by atoms with van der Waals surface area (Å²) in [6.45, 7) is 10.2. The normalized spacial score (nSPS) is 11.9. The molecule has 0 unspecified atom stereocenters. The maximum atomic E-state index is 12.2. The van der Waals surface area contributed by atoms with Crippen molar-refractivity contribution in [2.24, 2.45) is 0 Å². The van der Waals surface area contributed by atoms with Crippen LogP contribution >= 0.6 is 11.3 Å². The number of nitrogen functional groups attached to an aromatic ring is 1. The Bertz CT molecular complexity index is 651. The second-order valence-corrected chi connectivity index (χ2v) is 7.15. The topological polar surface area (TPSA) is 96.7 Å².